The molecule has 0 aliphatic rings. The van der Waals surface area contributed by atoms with Crippen LogP contribution in [0.2, 0.25) is 0 Å². The highest BCUT2D eigenvalue weighted by Gasteiger charge is 2.21. The molecule has 0 spiro atoms. The lowest BCUT2D eigenvalue weighted by Crippen LogP contribution is -2.30. The van der Waals surface area contributed by atoms with E-state index in [1.807, 2.05) is 0 Å². The van der Waals surface area contributed by atoms with Crippen LogP contribution in [0.15, 0.2) is 42.5 Å². The fourth-order valence-corrected chi connectivity index (χ4v) is 2.35. The maximum Gasteiger partial charge on any atom is 0.338 e. The number of nitro groups is 1. The van der Waals surface area contributed by atoms with E-state index in [4.69, 9.17) is 9.47 Å². The Morgan fingerprint density at radius 3 is 2.45 bits per heavy atom. The smallest absolute Gasteiger partial charge is 0.338 e. The van der Waals surface area contributed by atoms with E-state index < -0.39 is 22.9 Å². The van der Waals surface area contributed by atoms with Gasteiger partial charge in [-0.05, 0) is 31.2 Å². The molecule has 2 rings (SSSR count). The summed E-state index contributed by atoms with van der Waals surface area (Å²) >= 11 is 0. The van der Waals surface area contributed by atoms with Crippen molar-refractivity contribution < 1.29 is 28.8 Å². The Labute approximate surface area is 166 Å². The summed E-state index contributed by atoms with van der Waals surface area (Å²) in [5.41, 5.74) is 0.386. The molecule has 0 aromatic heterocycles. The quantitative estimate of drug-likeness (QED) is 0.413. The number of ether oxygens (including phenoxy) is 2. The van der Waals surface area contributed by atoms with E-state index >= 15 is 0 Å². The number of hydrogen-bond donors (Lipinski definition) is 2. The third-order valence-electron chi connectivity index (χ3n) is 3.72. The van der Waals surface area contributed by atoms with Gasteiger partial charge in [0.1, 0.15) is 5.75 Å². The Hall–Kier alpha value is -3.95. The van der Waals surface area contributed by atoms with Gasteiger partial charge in [-0.3, -0.25) is 19.7 Å². The summed E-state index contributed by atoms with van der Waals surface area (Å²) in [6.45, 7) is 2.69. The fraction of sp³-hybridized carbons (Fsp3) is 0.211. The van der Waals surface area contributed by atoms with Crippen LogP contribution >= 0.6 is 0 Å². The second-order valence-electron chi connectivity index (χ2n) is 5.94. The summed E-state index contributed by atoms with van der Waals surface area (Å²) in [5, 5.41) is 15.9. The molecule has 152 valence electrons. The van der Waals surface area contributed by atoms with Gasteiger partial charge < -0.3 is 20.1 Å². The number of anilines is 2. The molecule has 2 aromatic rings. The maximum absolute atomic E-state index is 12.4. The first kappa shape index (κ1) is 21.4. The predicted molar refractivity (Wildman–Crippen MR) is 104 cm³/mol. The number of nitro benzene ring substituents is 1. The van der Waals surface area contributed by atoms with Crippen LogP contribution in [0.25, 0.3) is 0 Å². The van der Waals surface area contributed by atoms with Crippen molar-refractivity contribution in [2.75, 3.05) is 17.7 Å². The Balaban J connectivity index is 2.09. The number of amides is 2. The highest BCUT2D eigenvalue weighted by molar-refractivity contribution is 5.99. The first-order valence-corrected chi connectivity index (χ1v) is 8.43. The second-order valence-corrected chi connectivity index (χ2v) is 5.94. The van der Waals surface area contributed by atoms with Gasteiger partial charge in [-0.1, -0.05) is 6.07 Å². The number of hydrogen-bond acceptors (Lipinski definition) is 7. The molecular formula is C19H19N3O7. The van der Waals surface area contributed by atoms with Gasteiger partial charge in [0.05, 0.1) is 23.3 Å². The van der Waals surface area contributed by atoms with E-state index in [0.717, 1.165) is 6.07 Å². The SMILES string of the molecule is COc1ccc([N+](=O)[O-])cc1NC(=O)[C@H](C)OC(=O)c1cccc(NC(C)=O)c1. The van der Waals surface area contributed by atoms with E-state index in [-0.39, 0.29) is 28.6 Å². The van der Waals surface area contributed by atoms with Crippen LogP contribution in [0, 0.1) is 10.1 Å². The zero-order valence-corrected chi connectivity index (χ0v) is 15.9. The lowest BCUT2D eigenvalue weighted by Gasteiger charge is -2.15. The zero-order chi connectivity index (χ0) is 21.6. The number of carbonyl (C=O) groups is 3. The topological polar surface area (TPSA) is 137 Å². The Kier molecular flexibility index (Phi) is 6.85. The summed E-state index contributed by atoms with van der Waals surface area (Å²) < 4.78 is 10.2. The number of non-ortho nitro benzene ring substituents is 1. The minimum Gasteiger partial charge on any atom is -0.495 e. The van der Waals surface area contributed by atoms with E-state index in [1.54, 1.807) is 12.1 Å². The summed E-state index contributed by atoms with van der Waals surface area (Å²) in [6, 6.07) is 9.77. The van der Waals surface area contributed by atoms with Gasteiger partial charge in [0.25, 0.3) is 11.6 Å². The monoisotopic (exact) mass is 401 g/mol. The summed E-state index contributed by atoms with van der Waals surface area (Å²) in [5.74, 6) is -1.55. The Morgan fingerprint density at radius 1 is 1.10 bits per heavy atom. The van der Waals surface area contributed by atoms with E-state index in [2.05, 4.69) is 10.6 Å². The van der Waals surface area contributed by atoms with Gasteiger partial charge in [-0.2, -0.15) is 0 Å². The number of carbonyl (C=O) groups excluding carboxylic acids is 3. The van der Waals surface area contributed by atoms with Gasteiger partial charge in [0.15, 0.2) is 6.10 Å². The van der Waals surface area contributed by atoms with Crippen LogP contribution < -0.4 is 15.4 Å². The van der Waals surface area contributed by atoms with E-state index in [0.29, 0.717) is 5.69 Å². The molecule has 0 aliphatic heterocycles. The van der Waals surface area contributed by atoms with Gasteiger partial charge in [0, 0.05) is 24.7 Å². The van der Waals surface area contributed by atoms with E-state index in [9.17, 15) is 24.5 Å². The van der Waals surface area contributed by atoms with Crippen molar-refractivity contribution in [3.05, 3.63) is 58.1 Å². The Morgan fingerprint density at radius 2 is 1.83 bits per heavy atom. The lowest BCUT2D eigenvalue weighted by molar-refractivity contribution is -0.384. The Bertz CT molecular complexity index is 959. The largest absolute Gasteiger partial charge is 0.495 e. The minimum atomic E-state index is -1.20. The number of rotatable bonds is 7. The molecule has 0 fully saturated rings. The molecule has 1 atom stereocenters. The molecule has 0 unspecified atom stereocenters. The first-order chi connectivity index (χ1) is 13.7. The van der Waals surface area contributed by atoms with Crippen LogP contribution in [0.5, 0.6) is 5.75 Å². The second kappa shape index (κ2) is 9.31. The van der Waals surface area contributed by atoms with Crippen LogP contribution in [-0.4, -0.2) is 35.9 Å². The number of esters is 1. The lowest BCUT2D eigenvalue weighted by atomic mass is 10.2. The van der Waals surface area contributed by atoms with Crippen LogP contribution in [0.1, 0.15) is 24.2 Å². The van der Waals surface area contributed by atoms with Crippen LogP contribution in [-0.2, 0) is 14.3 Å². The average Bonchev–Trinajstić information content (AvgIpc) is 2.67. The summed E-state index contributed by atoms with van der Waals surface area (Å²) in [7, 11) is 1.35. The fourth-order valence-electron chi connectivity index (χ4n) is 2.35. The van der Waals surface area contributed by atoms with Gasteiger partial charge in [0.2, 0.25) is 5.91 Å². The highest BCUT2D eigenvalue weighted by Crippen LogP contribution is 2.29. The molecule has 0 saturated heterocycles. The van der Waals surface area contributed by atoms with Crippen molar-refractivity contribution in [1.29, 1.82) is 0 Å². The molecule has 2 N–H and O–H groups in total. The number of nitrogens with one attached hydrogen (secondary N) is 2. The third-order valence-corrected chi connectivity index (χ3v) is 3.72. The summed E-state index contributed by atoms with van der Waals surface area (Å²) in [4.78, 5) is 46.1. The zero-order valence-electron chi connectivity index (χ0n) is 15.9. The van der Waals surface area contributed by atoms with Crippen molar-refractivity contribution in [1.82, 2.24) is 0 Å². The molecule has 29 heavy (non-hydrogen) atoms. The maximum atomic E-state index is 12.4. The van der Waals surface area contributed by atoms with Crippen molar-refractivity contribution in [3.8, 4) is 5.75 Å². The molecule has 0 radical (unpaired) electrons. The molecule has 0 saturated carbocycles. The number of methoxy groups -OCH3 is 1. The van der Waals surface area contributed by atoms with Crippen molar-refractivity contribution in [2.45, 2.75) is 20.0 Å². The molecule has 2 amide bonds. The van der Waals surface area contributed by atoms with Crippen molar-refractivity contribution >= 4 is 34.8 Å². The average molecular weight is 401 g/mol. The molecule has 0 aliphatic carbocycles. The standard InChI is InChI=1S/C19H19N3O7/c1-11(29-19(25)13-5-4-6-14(9-13)20-12(2)23)18(24)21-16-10-15(22(26)27)7-8-17(16)28-3/h4-11H,1-3H3,(H,20,23)(H,21,24)/t11-/m0/s1. The molecular weight excluding hydrogens is 382 g/mol. The number of benzene rings is 2. The number of nitrogens with zero attached hydrogens (tertiary/aromatic N) is 1. The van der Waals surface area contributed by atoms with E-state index in [1.165, 1.54) is 45.2 Å². The molecule has 0 heterocycles. The van der Waals surface area contributed by atoms with Gasteiger partial charge in [-0.25, -0.2) is 4.79 Å². The molecule has 0 bridgehead atoms. The van der Waals surface area contributed by atoms with Gasteiger partial charge in [-0.15, -0.1) is 0 Å². The van der Waals surface area contributed by atoms with Crippen LogP contribution in [0.4, 0.5) is 17.1 Å². The van der Waals surface area contributed by atoms with Crippen molar-refractivity contribution in [2.24, 2.45) is 0 Å². The van der Waals surface area contributed by atoms with Gasteiger partial charge >= 0.3 is 5.97 Å². The van der Waals surface area contributed by atoms with Crippen molar-refractivity contribution in [3.63, 3.8) is 0 Å². The summed E-state index contributed by atoms with van der Waals surface area (Å²) in [6.07, 6.45) is -1.20. The highest BCUT2D eigenvalue weighted by atomic mass is 16.6. The molecule has 10 nitrogen and oxygen atoms in total. The first-order valence-electron chi connectivity index (χ1n) is 8.43. The van der Waals surface area contributed by atoms with Crippen LogP contribution in [0.3, 0.4) is 0 Å². The predicted octanol–water partition coefficient (Wildman–Crippen LogP) is 2.75. The third kappa shape index (κ3) is 5.76. The minimum absolute atomic E-state index is 0.0715. The normalized spacial score (nSPS) is 11.1. The molecule has 10 heteroatoms. The molecule has 2 aromatic carbocycles.